The van der Waals surface area contributed by atoms with Crippen molar-refractivity contribution in [2.75, 3.05) is 0 Å². The summed E-state index contributed by atoms with van der Waals surface area (Å²) >= 11 is 0. The van der Waals surface area contributed by atoms with Gasteiger partial charge in [-0.25, -0.2) is 0 Å². The molecule has 0 bridgehead atoms. The number of hydrogen-bond acceptors (Lipinski definition) is 2. The fraction of sp³-hybridized carbons (Fsp3) is 0.429. The van der Waals surface area contributed by atoms with Crippen molar-refractivity contribution in [1.29, 1.82) is 0 Å². The van der Waals surface area contributed by atoms with E-state index in [4.69, 9.17) is 0 Å². The van der Waals surface area contributed by atoms with Gasteiger partial charge in [0, 0.05) is 12.5 Å². The standard InChI is InChI=1S/C14H15NO3/c16-12-8-11(14(17)18)13(15(12)10-6-7-10)9-4-2-1-3-5-9/h1-5,10-11,13H,6-8H2,(H,17,18)/t11-,13+/m0/s1. The Balaban J connectivity index is 1.99. The first-order chi connectivity index (χ1) is 8.68. The van der Waals surface area contributed by atoms with Gasteiger partial charge in [0.15, 0.2) is 0 Å². The lowest BCUT2D eigenvalue weighted by Crippen LogP contribution is -2.32. The number of carbonyl (C=O) groups excluding carboxylic acids is 1. The molecule has 4 heteroatoms. The number of amides is 1. The molecule has 1 aliphatic heterocycles. The van der Waals surface area contributed by atoms with Crippen molar-refractivity contribution in [3.8, 4) is 0 Å². The van der Waals surface area contributed by atoms with Crippen molar-refractivity contribution >= 4 is 11.9 Å². The Morgan fingerprint density at radius 3 is 2.44 bits per heavy atom. The van der Waals surface area contributed by atoms with E-state index in [2.05, 4.69) is 0 Å². The second-order valence-corrected chi connectivity index (χ2v) is 5.04. The van der Waals surface area contributed by atoms with Crippen LogP contribution in [-0.4, -0.2) is 27.9 Å². The molecule has 2 fully saturated rings. The minimum Gasteiger partial charge on any atom is -0.481 e. The lowest BCUT2D eigenvalue weighted by Gasteiger charge is -2.27. The number of hydrogen-bond donors (Lipinski definition) is 1. The molecule has 94 valence electrons. The van der Waals surface area contributed by atoms with Crippen LogP contribution in [0.5, 0.6) is 0 Å². The second-order valence-electron chi connectivity index (χ2n) is 5.04. The summed E-state index contributed by atoms with van der Waals surface area (Å²) in [4.78, 5) is 25.2. The van der Waals surface area contributed by atoms with Crippen molar-refractivity contribution in [2.24, 2.45) is 5.92 Å². The van der Waals surface area contributed by atoms with Gasteiger partial charge >= 0.3 is 5.97 Å². The van der Waals surface area contributed by atoms with Gasteiger partial charge in [-0.2, -0.15) is 0 Å². The van der Waals surface area contributed by atoms with Crippen LogP contribution in [-0.2, 0) is 9.59 Å². The lowest BCUT2D eigenvalue weighted by atomic mass is 9.94. The van der Waals surface area contributed by atoms with Gasteiger partial charge in [0.1, 0.15) is 0 Å². The van der Waals surface area contributed by atoms with E-state index in [1.165, 1.54) is 0 Å². The Bertz CT molecular complexity index is 481. The molecule has 3 rings (SSSR count). The molecule has 2 atom stereocenters. The first-order valence-corrected chi connectivity index (χ1v) is 6.27. The zero-order valence-corrected chi connectivity index (χ0v) is 9.95. The molecule has 1 aromatic carbocycles. The Morgan fingerprint density at radius 2 is 1.89 bits per heavy atom. The molecule has 0 aromatic heterocycles. The van der Waals surface area contributed by atoms with E-state index >= 15 is 0 Å². The largest absolute Gasteiger partial charge is 0.481 e. The predicted octanol–water partition coefficient (Wildman–Crippen LogP) is 1.82. The molecule has 1 saturated carbocycles. The summed E-state index contributed by atoms with van der Waals surface area (Å²) in [6.07, 6.45) is 2.13. The molecule has 2 aliphatic rings. The van der Waals surface area contributed by atoms with Crippen LogP contribution in [0.15, 0.2) is 30.3 Å². The summed E-state index contributed by atoms with van der Waals surface area (Å²) in [7, 11) is 0. The molecule has 0 radical (unpaired) electrons. The average Bonchev–Trinajstić information content (AvgIpc) is 3.13. The Morgan fingerprint density at radius 1 is 1.22 bits per heavy atom. The summed E-state index contributed by atoms with van der Waals surface area (Å²) in [6.45, 7) is 0. The maximum Gasteiger partial charge on any atom is 0.309 e. The molecule has 0 spiro atoms. The van der Waals surface area contributed by atoms with Crippen LogP contribution in [0.2, 0.25) is 0 Å². The topological polar surface area (TPSA) is 57.6 Å². The van der Waals surface area contributed by atoms with Crippen LogP contribution in [0, 0.1) is 5.92 Å². The highest BCUT2D eigenvalue weighted by Crippen LogP contribution is 2.44. The van der Waals surface area contributed by atoms with E-state index < -0.39 is 11.9 Å². The lowest BCUT2D eigenvalue weighted by molar-refractivity contribution is -0.142. The molecular weight excluding hydrogens is 230 g/mol. The number of carboxylic acids is 1. The van der Waals surface area contributed by atoms with Crippen molar-refractivity contribution in [3.05, 3.63) is 35.9 Å². The Hall–Kier alpha value is -1.84. The number of carbonyl (C=O) groups is 2. The zero-order valence-electron chi connectivity index (χ0n) is 9.95. The quantitative estimate of drug-likeness (QED) is 0.883. The van der Waals surface area contributed by atoms with Gasteiger partial charge in [-0.1, -0.05) is 30.3 Å². The molecule has 0 unspecified atom stereocenters. The summed E-state index contributed by atoms with van der Waals surface area (Å²) < 4.78 is 0. The highest BCUT2D eigenvalue weighted by molar-refractivity contribution is 5.87. The van der Waals surface area contributed by atoms with Gasteiger partial charge in [0.25, 0.3) is 0 Å². The number of carboxylic acid groups (broad SMARTS) is 1. The SMILES string of the molecule is O=C(O)[C@H]1CC(=O)N(C2CC2)[C@@H]1c1ccccc1. The second kappa shape index (κ2) is 4.12. The van der Waals surface area contributed by atoms with E-state index in [9.17, 15) is 14.7 Å². The molecule has 1 saturated heterocycles. The average molecular weight is 245 g/mol. The summed E-state index contributed by atoms with van der Waals surface area (Å²) in [6, 6.07) is 9.47. The fourth-order valence-corrected chi connectivity index (χ4v) is 2.80. The van der Waals surface area contributed by atoms with Gasteiger partial charge in [-0.3, -0.25) is 9.59 Å². The zero-order chi connectivity index (χ0) is 12.7. The Labute approximate surface area is 105 Å². The van der Waals surface area contributed by atoms with Gasteiger partial charge in [0.2, 0.25) is 5.91 Å². The number of likely N-dealkylation sites (tertiary alicyclic amines) is 1. The first kappa shape index (κ1) is 11.3. The van der Waals surface area contributed by atoms with Crippen LogP contribution >= 0.6 is 0 Å². The fourth-order valence-electron chi connectivity index (χ4n) is 2.80. The van der Waals surface area contributed by atoms with Crippen molar-refractivity contribution in [3.63, 3.8) is 0 Å². The highest BCUT2D eigenvalue weighted by atomic mass is 16.4. The number of benzene rings is 1. The van der Waals surface area contributed by atoms with E-state index in [0.29, 0.717) is 0 Å². The van der Waals surface area contributed by atoms with Crippen LogP contribution in [0.25, 0.3) is 0 Å². The molecule has 1 aliphatic carbocycles. The van der Waals surface area contributed by atoms with Crippen LogP contribution in [0.1, 0.15) is 30.9 Å². The third-order valence-electron chi connectivity index (χ3n) is 3.76. The first-order valence-electron chi connectivity index (χ1n) is 6.27. The van der Waals surface area contributed by atoms with Crippen molar-refractivity contribution in [1.82, 2.24) is 4.90 Å². The number of nitrogens with zero attached hydrogens (tertiary/aromatic N) is 1. The van der Waals surface area contributed by atoms with E-state index in [0.717, 1.165) is 18.4 Å². The maximum atomic E-state index is 12.0. The summed E-state index contributed by atoms with van der Waals surface area (Å²) in [5.74, 6) is -1.50. The van der Waals surface area contributed by atoms with Crippen molar-refractivity contribution < 1.29 is 14.7 Å². The molecule has 18 heavy (non-hydrogen) atoms. The summed E-state index contributed by atoms with van der Waals surface area (Å²) in [5.41, 5.74) is 0.933. The molecule has 4 nitrogen and oxygen atoms in total. The van der Waals surface area contributed by atoms with Gasteiger partial charge < -0.3 is 10.0 Å². The molecule has 1 amide bonds. The van der Waals surface area contributed by atoms with E-state index in [1.807, 2.05) is 30.3 Å². The highest BCUT2D eigenvalue weighted by Gasteiger charge is 2.49. The normalized spacial score (nSPS) is 27.6. The van der Waals surface area contributed by atoms with Gasteiger partial charge in [-0.15, -0.1) is 0 Å². The number of aliphatic carboxylic acids is 1. The van der Waals surface area contributed by atoms with E-state index in [-0.39, 0.29) is 24.4 Å². The number of rotatable bonds is 3. The molecule has 1 N–H and O–H groups in total. The van der Waals surface area contributed by atoms with Gasteiger partial charge in [-0.05, 0) is 18.4 Å². The maximum absolute atomic E-state index is 12.0. The Kier molecular flexibility index (Phi) is 2.58. The van der Waals surface area contributed by atoms with E-state index in [1.54, 1.807) is 4.90 Å². The smallest absolute Gasteiger partial charge is 0.309 e. The third kappa shape index (κ3) is 1.78. The van der Waals surface area contributed by atoms with Gasteiger partial charge in [0.05, 0.1) is 12.0 Å². The molecule has 1 aromatic rings. The third-order valence-corrected chi connectivity index (χ3v) is 3.76. The summed E-state index contributed by atoms with van der Waals surface area (Å²) in [5, 5.41) is 9.30. The minimum absolute atomic E-state index is 0.0150. The van der Waals surface area contributed by atoms with Crippen LogP contribution in [0.3, 0.4) is 0 Å². The minimum atomic E-state index is -0.875. The van der Waals surface area contributed by atoms with Crippen LogP contribution in [0.4, 0.5) is 0 Å². The van der Waals surface area contributed by atoms with Crippen molar-refractivity contribution in [2.45, 2.75) is 31.3 Å². The molecular formula is C14H15NO3. The monoisotopic (exact) mass is 245 g/mol. The molecule has 1 heterocycles. The van der Waals surface area contributed by atoms with Crippen LogP contribution < -0.4 is 0 Å². The predicted molar refractivity (Wildman–Crippen MR) is 64.8 cm³/mol.